The fraction of sp³-hybridized carbons (Fsp3) is 0.500. The molecular formula is C28H38N4O5S. The number of amides is 2. The second-order valence-corrected chi connectivity index (χ2v) is 11.9. The predicted octanol–water partition coefficient (Wildman–Crippen LogP) is 2.69. The molecule has 9 nitrogen and oxygen atoms in total. The first-order valence-electron chi connectivity index (χ1n) is 13.2. The summed E-state index contributed by atoms with van der Waals surface area (Å²) in [5.41, 5.74) is 1.32. The predicted molar refractivity (Wildman–Crippen MR) is 146 cm³/mol. The van der Waals surface area contributed by atoms with Gasteiger partial charge in [0.2, 0.25) is 5.91 Å². The van der Waals surface area contributed by atoms with Crippen LogP contribution < -0.4 is 14.8 Å². The van der Waals surface area contributed by atoms with Gasteiger partial charge in [-0.3, -0.25) is 9.59 Å². The van der Waals surface area contributed by atoms with Crippen molar-refractivity contribution in [2.24, 2.45) is 0 Å². The summed E-state index contributed by atoms with van der Waals surface area (Å²) in [6, 6.07) is 17.1. The maximum absolute atomic E-state index is 13.2. The van der Waals surface area contributed by atoms with Crippen LogP contribution in [0.4, 0.5) is 0 Å². The third-order valence-corrected chi connectivity index (χ3v) is 9.50. The summed E-state index contributed by atoms with van der Waals surface area (Å²) in [5, 5.41) is 3.12. The largest absolute Gasteiger partial charge is 0.496 e. The van der Waals surface area contributed by atoms with Gasteiger partial charge in [0.1, 0.15) is 5.75 Å². The smallest absolute Gasteiger partial charge is 0.279 e. The number of hydrogen-bond acceptors (Lipinski definition) is 5. The zero-order chi connectivity index (χ0) is 27.2. The van der Waals surface area contributed by atoms with Crippen molar-refractivity contribution >= 4 is 22.0 Å². The van der Waals surface area contributed by atoms with Crippen LogP contribution in [-0.4, -0.2) is 75.3 Å². The van der Waals surface area contributed by atoms with Crippen molar-refractivity contribution in [2.75, 3.05) is 39.8 Å². The van der Waals surface area contributed by atoms with Crippen LogP contribution in [0.3, 0.4) is 0 Å². The van der Waals surface area contributed by atoms with Gasteiger partial charge >= 0.3 is 0 Å². The maximum Gasteiger partial charge on any atom is 0.279 e. The highest BCUT2D eigenvalue weighted by Crippen LogP contribution is 2.39. The Kier molecular flexibility index (Phi) is 9.07. The summed E-state index contributed by atoms with van der Waals surface area (Å²) in [6.45, 7) is 3.64. The molecule has 0 spiro atoms. The summed E-state index contributed by atoms with van der Waals surface area (Å²) in [4.78, 5) is 26.5. The van der Waals surface area contributed by atoms with Crippen molar-refractivity contribution in [1.82, 2.24) is 19.2 Å². The number of methoxy groups -OCH3 is 1. The molecule has 1 aliphatic carbocycles. The molecule has 206 valence electrons. The molecule has 2 N–H and O–H groups in total. The Hall–Kier alpha value is -2.95. The number of benzene rings is 2. The van der Waals surface area contributed by atoms with Crippen LogP contribution in [-0.2, 0) is 20.4 Å². The second kappa shape index (κ2) is 12.3. The number of carbonyl (C=O) groups excluding carboxylic acids is 2. The highest BCUT2D eigenvalue weighted by Gasteiger charge is 2.39. The molecule has 2 fully saturated rings. The number of nitrogens with zero attached hydrogens (tertiary/aromatic N) is 2. The SMILES string of the molecule is COc1ccccc1C(=O)NCC1(c2ccccc2)CCC(NS(=O)(=O)N2CCCN(C(C)=O)CC2)CC1. The van der Waals surface area contributed by atoms with Gasteiger partial charge in [-0.1, -0.05) is 42.5 Å². The molecule has 10 heteroatoms. The van der Waals surface area contributed by atoms with E-state index in [1.807, 2.05) is 30.3 Å². The molecule has 1 heterocycles. The van der Waals surface area contributed by atoms with Gasteiger partial charge in [-0.15, -0.1) is 0 Å². The first kappa shape index (κ1) is 28.1. The van der Waals surface area contributed by atoms with E-state index in [9.17, 15) is 18.0 Å². The first-order chi connectivity index (χ1) is 18.2. The van der Waals surface area contributed by atoms with E-state index >= 15 is 0 Å². The number of para-hydroxylation sites is 1. The molecule has 2 amide bonds. The minimum absolute atomic E-state index is 0.0282. The van der Waals surface area contributed by atoms with Gasteiger partial charge < -0.3 is 15.0 Å². The third kappa shape index (κ3) is 6.54. The van der Waals surface area contributed by atoms with Crippen molar-refractivity contribution in [3.63, 3.8) is 0 Å². The Morgan fingerprint density at radius 1 is 0.974 bits per heavy atom. The topological polar surface area (TPSA) is 108 Å². The summed E-state index contributed by atoms with van der Waals surface area (Å²) in [5.74, 6) is 0.303. The molecule has 0 atom stereocenters. The van der Waals surface area contributed by atoms with Crippen LogP contribution in [0.25, 0.3) is 0 Å². The van der Waals surface area contributed by atoms with Crippen molar-refractivity contribution < 1.29 is 22.7 Å². The van der Waals surface area contributed by atoms with Gasteiger partial charge in [0, 0.05) is 51.1 Å². The first-order valence-corrected chi connectivity index (χ1v) is 14.7. The minimum atomic E-state index is -3.67. The van der Waals surface area contributed by atoms with Crippen LogP contribution >= 0.6 is 0 Å². The summed E-state index contributed by atoms with van der Waals surface area (Å²) in [6.07, 6.45) is 3.40. The van der Waals surface area contributed by atoms with Gasteiger partial charge in [-0.25, -0.2) is 0 Å². The number of carbonyl (C=O) groups is 2. The summed E-state index contributed by atoms with van der Waals surface area (Å²) >= 11 is 0. The van der Waals surface area contributed by atoms with Gasteiger partial charge in [0.25, 0.3) is 16.1 Å². The number of rotatable bonds is 8. The van der Waals surface area contributed by atoms with E-state index in [4.69, 9.17) is 4.74 Å². The van der Waals surface area contributed by atoms with Crippen LogP contribution in [0.15, 0.2) is 54.6 Å². The molecule has 0 unspecified atom stereocenters. The Bertz CT molecular complexity index is 1210. The highest BCUT2D eigenvalue weighted by molar-refractivity contribution is 7.87. The molecule has 1 saturated carbocycles. The van der Waals surface area contributed by atoms with E-state index in [1.165, 1.54) is 11.2 Å². The van der Waals surface area contributed by atoms with Gasteiger partial charge in [-0.2, -0.15) is 17.4 Å². The second-order valence-electron chi connectivity index (χ2n) is 10.2. The molecular weight excluding hydrogens is 504 g/mol. The van der Waals surface area contributed by atoms with E-state index in [0.29, 0.717) is 63.3 Å². The number of ether oxygens (including phenoxy) is 1. The van der Waals surface area contributed by atoms with E-state index in [-0.39, 0.29) is 23.3 Å². The molecule has 1 aliphatic heterocycles. The van der Waals surface area contributed by atoms with Crippen LogP contribution in [0.1, 0.15) is 54.9 Å². The van der Waals surface area contributed by atoms with Crippen LogP contribution in [0, 0.1) is 0 Å². The Morgan fingerprint density at radius 2 is 1.66 bits per heavy atom. The summed E-state index contributed by atoms with van der Waals surface area (Å²) in [7, 11) is -2.12. The molecule has 0 radical (unpaired) electrons. The third-order valence-electron chi connectivity index (χ3n) is 7.82. The van der Waals surface area contributed by atoms with Gasteiger partial charge in [0.05, 0.1) is 12.7 Å². The molecule has 2 aliphatic rings. The molecule has 38 heavy (non-hydrogen) atoms. The van der Waals surface area contributed by atoms with Gasteiger partial charge in [-0.05, 0) is 49.8 Å². The lowest BCUT2D eigenvalue weighted by atomic mass is 9.68. The highest BCUT2D eigenvalue weighted by atomic mass is 32.2. The molecule has 1 saturated heterocycles. The average Bonchev–Trinajstić information content (AvgIpc) is 3.20. The average molecular weight is 543 g/mol. The Morgan fingerprint density at radius 3 is 2.34 bits per heavy atom. The van der Waals surface area contributed by atoms with Crippen molar-refractivity contribution in [3.05, 3.63) is 65.7 Å². The zero-order valence-electron chi connectivity index (χ0n) is 22.2. The zero-order valence-corrected chi connectivity index (χ0v) is 23.0. The fourth-order valence-electron chi connectivity index (χ4n) is 5.56. The lowest BCUT2D eigenvalue weighted by Gasteiger charge is -2.41. The monoisotopic (exact) mass is 542 g/mol. The lowest BCUT2D eigenvalue weighted by Crippen LogP contribution is -2.51. The van der Waals surface area contributed by atoms with Crippen LogP contribution in [0.5, 0.6) is 5.75 Å². The van der Waals surface area contributed by atoms with Crippen molar-refractivity contribution in [3.8, 4) is 5.75 Å². The van der Waals surface area contributed by atoms with E-state index in [1.54, 1.807) is 24.1 Å². The molecule has 2 aromatic rings. The van der Waals surface area contributed by atoms with Crippen molar-refractivity contribution in [2.45, 2.75) is 50.5 Å². The van der Waals surface area contributed by atoms with E-state index in [2.05, 4.69) is 22.2 Å². The van der Waals surface area contributed by atoms with Crippen molar-refractivity contribution in [1.29, 1.82) is 0 Å². The number of hydrogen-bond donors (Lipinski definition) is 2. The quantitative estimate of drug-likeness (QED) is 0.533. The summed E-state index contributed by atoms with van der Waals surface area (Å²) < 4.78 is 36.1. The molecule has 4 rings (SSSR count). The normalized spacial score (nSPS) is 22.9. The fourth-order valence-corrected chi connectivity index (χ4v) is 7.06. The minimum Gasteiger partial charge on any atom is -0.496 e. The van der Waals surface area contributed by atoms with Crippen LogP contribution in [0.2, 0.25) is 0 Å². The van der Waals surface area contributed by atoms with Gasteiger partial charge in [0.15, 0.2) is 0 Å². The van der Waals surface area contributed by atoms with E-state index < -0.39 is 10.2 Å². The molecule has 0 aromatic heterocycles. The Balaban J connectivity index is 1.42. The molecule has 0 bridgehead atoms. The lowest BCUT2D eigenvalue weighted by molar-refractivity contribution is -0.128. The standard InChI is InChI=1S/C28H38N4O5S/c1-22(33)31-17-8-18-32(20-19-31)38(35,36)30-24-13-15-28(16-14-24,23-9-4-3-5-10-23)21-29-27(34)25-11-6-7-12-26(25)37-2/h3-7,9-12,24,30H,8,13-21H2,1-2H3,(H,29,34). The number of nitrogens with one attached hydrogen (secondary N) is 2. The van der Waals surface area contributed by atoms with E-state index in [0.717, 1.165) is 18.4 Å². The maximum atomic E-state index is 13.2. The Labute approximate surface area is 225 Å². The molecule has 2 aromatic carbocycles.